The summed E-state index contributed by atoms with van der Waals surface area (Å²) in [5.74, 6) is 1.15. The summed E-state index contributed by atoms with van der Waals surface area (Å²) in [5, 5.41) is 2.82. The minimum Gasteiger partial charge on any atom is -0.321 e. The van der Waals surface area contributed by atoms with Gasteiger partial charge in [0.2, 0.25) is 0 Å². The molecule has 3 rings (SSSR count). The largest absolute Gasteiger partial charge is 0.321 e. The van der Waals surface area contributed by atoms with Gasteiger partial charge in [-0.25, -0.2) is 9.97 Å². The molecule has 1 aliphatic carbocycles. The van der Waals surface area contributed by atoms with Crippen LogP contribution in [0.3, 0.4) is 0 Å². The Labute approximate surface area is 119 Å². The van der Waals surface area contributed by atoms with E-state index in [0.717, 1.165) is 28.8 Å². The molecule has 1 N–H and O–H groups in total. The van der Waals surface area contributed by atoms with Gasteiger partial charge in [0.1, 0.15) is 5.82 Å². The Morgan fingerprint density at radius 3 is 2.53 bits per heavy atom. The minimum atomic E-state index is -0.200. The van der Waals surface area contributed by atoms with E-state index in [1.54, 1.807) is 12.4 Å². The number of carbonyl (C=O) groups is 1. The van der Waals surface area contributed by atoms with Gasteiger partial charge in [0, 0.05) is 22.8 Å². The number of halogens is 1. The van der Waals surface area contributed by atoms with Crippen molar-refractivity contribution in [2.75, 3.05) is 5.32 Å². The first-order chi connectivity index (χ1) is 9.24. The topological polar surface area (TPSA) is 54.9 Å². The van der Waals surface area contributed by atoms with Crippen molar-refractivity contribution in [2.45, 2.75) is 18.8 Å². The van der Waals surface area contributed by atoms with E-state index in [1.165, 1.54) is 0 Å². The van der Waals surface area contributed by atoms with Crippen LogP contribution in [0.1, 0.15) is 34.9 Å². The molecule has 1 saturated carbocycles. The highest BCUT2D eigenvalue weighted by atomic mass is 79.9. The maximum atomic E-state index is 12.1. The highest BCUT2D eigenvalue weighted by molar-refractivity contribution is 9.10. The van der Waals surface area contributed by atoms with Gasteiger partial charge >= 0.3 is 0 Å². The average Bonchev–Trinajstić information content (AvgIpc) is 3.26. The zero-order valence-corrected chi connectivity index (χ0v) is 11.7. The lowest BCUT2D eigenvalue weighted by Crippen LogP contribution is -2.13. The van der Waals surface area contributed by atoms with Crippen LogP contribution in [0.15, 0.2) is 41.1 Å². The number of nitrogens with zero attached hydrogens (tertiary/aromatic N) is 2. The molecule has 0 radical (unpaired) electrons. The van der Waals surface area contributed by atoms with Crippen LogP contribution in [0.25, 0.3) is 0 Å². The molecule has 1 amide bonds. The van der Waals surface area contributed by atoms with Crippen molar-refractivity contribution in [2.24, 2.45) is 0 Å². The zero-order valence-electron chi connectivity index (χ0n) is 10.1. The third kappa shape index (κ3) is 2.81. The summed E-state index contributed by atoms with van der Waals surface area (Å²) in [6.07, 6.45) is 5.49. The number of aromatic nitrogens is 2. The molecule has 1 aromatic heterocycles. The second-order valence-electron chi connectivity index (χ2n) is 4.54. The Morgan fingerprint density at radius 1 is 1.21 bits per heavy atom. The van der Waals surface area contributed by atoms with Gasteiger partial charge in [-0.05, 0) is 40.9 Å². The fraction of sp³-hybridized carbons (Fsp3) is 0.214. The summed E-state index contributed by atoms with van der Waals surface area (Å²) < 4.78 is 0.846. The van der Waals surface area contributed by atoms with Gasteiger partial charge in [-0.2, -0.15) is 0 Å². The highest BCUT2D eigenvalue weighted by Gasteiger charge is 2.26. The van der Waals surface area contributed by atoms with E-state index in [0.29, 0.717) is 11.5 Å². The Hall–Kier alpha value is -1.75. The number of amides is 1. The van der Waals surface area contributed by atoms with Gasteiger partial charge in [0.25, 0.3) is 5.91 Å². The summed E-state index contributed by atoms with van der Waals surface area (Å²) in [4.78, 5) is 20.5. The molecule has 19 heavy (non-hydrogen) atoms. The maximum Gasteiger partial charge on any atom is 0.258 e. The fourth-order valence-electron chi connectivity index (χ4n) is 1.76. The summed E-state index contributed by atoms with van der Waals surface area (Å²) >= 11 is 3.39. The average molecular weight is 318 g/mol. The van der Waals surface area contributed by atoms with Gasteiger partial charge in [0.05, 0.1) is 11.3 Å². The Kier molecular flexibility index (Phi) is 3.29. The van der Waals surface area contributed by atoms with Crippen LogP contribution < -0.4 is 5.32 Å². The molecule has 4 nitrogen and oxygen atoms in total. The van der Waals surface area contributed by atoms with Crippen molar-refractivity contribution in [1.29, 1.82) is 0 Å². The van der Waals surface area contributed by atoms with Crippen LogP contribution in [-0.4, -0.2) is 15.9 Å². The molecular weight excluding hydrogens is 306 g/mol. The molecule has 0 atom stereocenters. The molecule has 5 heteroatoms. The van der Waals surface area contributed by atoms with Crippen molar-refractivity contribution in [3.05, 3.63) is 52.5 Å². The van der Waals surface area contributed by atoms with Crippen molar-refractivity contribution >= 4 is 27.5 Å². The van der Waals surface area contributed by atoms with Gasteiger partial charge in [-0.15, -0.1) is 0 Å². The normalized spacial score (nSPS) is 14.2. The monoisotopic (exact) mass is 317 g/mol. The number of anilines is 1. The van der Waals surface area contributed by atoms with E-state index >= 15 is 0 Å². The van der Waals surface area contributed by atoms with E-state index in [4.69, 9.17) is 0 Å². The lowest BCUT2D eigenvalue weighted by Gasteiger charge is -2.06. The summed E-state index contributed by atoms with van der Waals surface area (Å²) in [6, 6.07) is 7.48. The molecule has 0 unspecified atom stereocenters. The predicted octanol–water partition coefficient (Wildman–Crippen LogP) is 3.37. The second-order valence-corrected chi connectivity index (χ2v) is 5.39. The summed E-state index contributed by atoms with van der Waals surface area (Å²) in [6.45, 7) is 0. The molecule has 96 valence electrons. The van der Waals surface area contributed by atoms with E-state index in [2.05, 4.69) is 31.2 Å². The van der Waals surface area contributed by atoms with Gasteiger partial charge in [0.15, 0.2) is 0 Å². The van der Waals surface area contributed by atoms with Crippen LogP contribution >= 0.6 is 15.9 Å². The summed E-state index contributed by atoms with van der Waals surface area (Å²) in [7, 11) is 0. The van der Waals surface area contributed by atoms with Gasteiger partial charge < -0.3 is 5.32 Å². The molecule has 1 fully saturated rings. The fourth-order valence-corrected chi connectivity index (χ4v) is 2.15. The van der Waals surface area contributed by atoms with Gasteiger partial charge in [-0.1, -0.05) is 12.1 Å². The van der Waals surface area contributed by atoms with Crippen LogP contribution in [-0.2, 0) is 0 Å². The first kappa shape index (κ1) is 12.3. The minimum absolute atomic E-state index is 0.200. The van der Waals surface area contributed by atoms with Crippen LogP contribution in [0.2, 0.25) is 0 Å². The second kappa shape index (κ2) is 5.09. The number of hydrogen-bond donors (Lipinski definition) is 1. The summed E-state index contributed by atoms with van der Waals surface area (Å²) in [5.41, 5.74) is 1.21. The van der Waals surface area contributed by atoms with Crippen molar-refractivity contribution in [3.63, 3.8) is 0 Å². The van der Waals surface area contributed by atoms with Gasteiger partial charge in [-0.3, -0.25) is 4.79 Å². The van der Waals surface area contributed by atoms with Crippen molar-refractivity contribution in [1.82, 2.24) is 9.97 Å². The molecule has 0 saturated heterocycles. The highest BCUT2D eigenvalue weighted by Crippen LogP contribution is 2.37. The number of para-hydroxylation sites is 1. The zero-order chi connectivity index (χ0) is 13.2. The number of carbonyl (C=O) groups excluding carboxylic acids is 1. The van der Waals surface area contributed by atoms with E-state index in [1.807, 2.05) is 24.3 Å². The Morgan fingerprint density at radius 2 is 1.89 bits per heavy atom. The molecular formula is C14H12BrN3O. The quantitative estimate of drug-likeness (QED) is 0.944. The molecule has 0 aliphatic heterocycles. The van der Waals surface area contributed by atoms with Crippen LogP contribution in [0.4, 0.5) is 5.69 Å². The molecule has 1 aliphatic rings. The molecule has 0 bridgehead atoms. The molecule has 1 aromatic carbocycles. The SMILES string of the molecule is O=C(Nc1ccccc1Br)c1cnc(C2CC2)nc1. The van der Waals surface area contributed by atoms with Crippen LogP contribution in [0.5, 0.6) is 0 Å². The van der Waals surface area contributed by atoms with Crippen LogP contribution in [0, 0.1) is 0 Å². The first-order valence-electron chi connectivity index (χ1n) is 6.12. The maximum absolute atomic E-state index is 12.1. The molecule has 2 aromatic rings. The van der Waals surface area contributed by atoms with Crippen molar-refractivity contribution < 1.29 is 4.79 Å². The Bertz CT molecular complexity index is 608. The number of nitrogens with one attached hydrogen (secondary N) is 1. The number of benzene rings is 1. The lowest BCUT2D eigenvalue weighted by molar-refractivity contribution is 0.102. The van der Waals surface area contributed by atoms with E-state index in [9.17, 15) is 4.79 Å². The third-order valence-electron chi connectivity index (χ3n) is 3.00. The lowest BCUT2D eigenvalue weighted by atomic mass is 10.2. The van der Waals surface area contributed by atoms with E-state index in [-0.39, 0.29) is 5.91 Å². The first-order valence-corrected chi connectivity index (χ1v) is 6.91. The van der Waals surface area contributed by atoms with Crippen molar-refractivity contribution in [3.8, 4) is 0 Å². The standard InChI is InChI=1S/C14H12BrN3O/c15-11-3-1-2-4-12(11)18-14(19)10-7-16-13(17-8-10)9-5-6-9/h1-4,7-9H,5-6H2,(H,18,19). The molecule has 0 spiro atoms. The third-order valence-corrected chi connectivity index (χ3v) is 3.69. The van der Waals surface area contributed by atoms with E-state index < -0.39 is 0 Å². The smallest absolute Gasteiger partial charge is 0.258 e. The molecule has 1 heterocycles. The number of rotatable bonds is 3. The number of hydrogen-bond acceptors (Lipinski definition) is 3. The Balaban J connectivity index is 1.74. The predicted molar refractivity (Wildman–Crippen MR) is 76.1 cm³/mol.